The molecule has 1 aliphatic heterocycles. The van der Waals surface area contributed by atoms with Gasteiger partial charge < -0.3 is 14.7 Å². The number of carbonyl (C=O) groups excluding carboxylic acids is 1. The number of aryl methyl sites for hydroxylation is 1. The fraction of sp³-hybridized carbons (Fsp3) is 0.357. The van der Waals surface area contributed by atoms with Gasteiger partial charge in [-0.25, -0.2) is 4.98 Å². The maximum Gasteiger partial charge on any atom is 0.248 e. The van der Waals surface area contributed by atoms with Crippen molar-refractivity contribution in [2.45, 2.75) is 38.0 Å². The molecule has 4 aromatic rings. The number of aliphatic hydroxyl groups excluding tert-OH is 1. The number of aliphatic hydroxyl groups is 1. The second kappa shape index (κ2) is 9.35. The molecule has 0 radical (unpaired) electrons. The van der Waals surface area contributed by atoms with Crippen molar-refractivity contribution in [1.29, 1.82) is 0 Å². The number of ether oxygens (including phenoxy) is 1. The summed E-state index contributed by atoms with van der Waals surface area (Å²) in [7, 11) is 1.68. The molecule has 6 rings (SSSR count). The third kappa shape index (κ3) is 3.91. The fourth-order valence-corrected chi connectivity index (χ4v) is 5.63. The van der Waals surface area contributed by atoms with Crippen molar-refractivity contribution in [2.24, 2.45) is 0 Å². The highest BCUT2D eigenvalue weighted by Gasteiger charge is 2.25. The van der Waals surface area contributed by atoms with Crippen LogP contribution in [0, 0.1) is 0 Å². The van der Waals surface area contributed by atoms with Gasteiger partial charge in [0.15, 0.2) is 0 Å². The van der Waals surface area contributed by atoms with Crippen molar-refractivity contribution >= 4 is 16.9 Å². The van der Waals surface area contributed by atoms with Crippen molar-refractivity contribution < 1.29 is 14.6 Å². The van der Waals surface area contributed by atoms with Crippen molar-refractivity contribution in [3.63, 3.8) is 0 Å². The number of carbonyl (C=O) groups is 1. The Kier molecular flexibility index (Phi) is 5.89. The first kappa shape index (κ1) is 22.7. The highest BCUT2D eigenvalue weighted by molar-refractivity contribution is 5.93. The van der Waals surface area contributed by atoms with E-state index in [9.17, 15) is 4.79 Å². The molecule has 0 spiro atoms. The first-order valence-corrected chi connectivity index (χ1v) is 12.6. The first-order valence-electron chi connectivity index (χ1n) is 12.6. The van der Waals surface area contributed by atoms with Crippen LogP contribution in [0.25, 0.3) is 33.5 Å². The smallest absolute Gasteiger partial charge is 0.248 e. The summed E-state index contributed by atoms with van der Waals surface area (Å²) in [6, 6.07) is 12.5. The van der Waals surface area contributed by atoms with E-state index in [2.05, 4.69) is 40.5 Å². The van der Waals surface area contributed by atoms with Crippen molar-refractivity contribution in [3.8, 4) is 28.3 Å². The highest BCUT2D eigenvalue weighted by Crippen LogP contribution is 2.39. The summed E-state index contributed by atoms with van der Waals surface area (Å²) >= 11 is 0. The molecule has 0 atom stereocenters. The molecule has 1 fully saturated rings. The van der Waals surface area contributed by atoms with E-state index in [1.807, 2.05) is 12.3 Å². The number of rotatable bonds is 5. The van der Waals surface area contributed by atoms with Crippen LogP contribution in [-0.2, 0) is 17.6 Å². The van der Waals surface area contributed by atoms with Gasteiger partial charge in [0.25, 0.3) is 0 Å². The number of methoxy groups -OCH3 is 1. The Labute approximate surface area is 209 Å². The van der Waals surface area contributed by atoms with Gasteiger partial charge in [-0.15, -0.1) is 0 Å². The van der Waals surface area contributed by atoms with Crippen LogP contribution in [0.3, 0.4) is 0 Å². The summed E-state index contributed by atoms with van der Waals surface area (Å²) in [6.45, 7) is 0.869. The Morgan fingerprint density at radius 1 is 1.17 bits per heavy atom. The Bertz CT molecular complexity index is 1420. The van der Waals surface area contributed by atoms with Gasteiger partial charge in [-0.3, -0.25) is 14.9 Å². The summed E-state index contributed by atoms with van der Waals surface area (Å²) in [4.78, 5) is 23.3. The lowest BCUT2D eigenvalue weighted by atomic mass is 9.92. The molecule has 2 aliphatic rings. The molecule has 1 aromatic carbocycles. The fourth-order valence-electron chi connectivity index (χ4n) is 5.63. The predicted octanol–water partition coefficient (Wildman–Crippen LogP) is 3.88. The van der Waals surface area contributed by atoms with Gasteiger partial charge in [0.2, 0.25) is 5.91 Å². The molecule has 8 nitrogen and oxygen atoms in total. The average Bonchev–Trinajstić information content (AvgIpc) is 3.59. The van der Waals surface area contributed by atoms with Crippen molar-refractivity contribution in [3.05, 3.63) is 59.4 Å². The van der Waals surface area contributed by atoms with Crippen LogP contribution in [-0.4, -0.2) is 62.9 Å². The Morgan fingerprint density at radius 3 is 2.78 bits per heavy atom. The summed E-state index contributed by atoms with van der Waals surface area (Å²) in [5, 5.41) is 16.8. The zero-order chi connectivity index (χ0) is 24.6. The number of aromatic nitrogens is 4. The zero-order valence-electron chi connectivity index (χ0n) is 20.3. The number of benzene rings is 1. The van der Waals surface area contributed by atoms with E-state index >= 15 is 0 Å². The lowest BCUT2D eigenvalue weighted by Gasteiger charge is -2.31. The van der Waals surface area contributed by atoms with Crippen LogP contribution in [0.4, 0.5) is 0 Å². The predicted molar refractivity (Wildman–Crippen MR) is 137 cm³/mol. The molecule has 2 N–H and O–H groups in total. The summed E-state index contributed by atoms with van der Waals surface area (Å²) in [5.74, 6) is 0.829. The van der Waals surface area contributed by atoms with Crippen LogP contribution in [0.2, 0.25) is 0 Å². The monoisotopic (exact) mass is 483 g/mol. The van der Waals surface area contributed by atoms with Crippen LogP contribution in [0.1, 0.15) is 42.0 Å². The molecule has 0 unspecified atom stereocenters. The maximum atomic E-state index is 11.7. The van der Waals surface area contributed by atoms with E-state index in [0.29, 0.717) is 19.0 Å². The van der Waals surface area contributed by atoms with Crippen LogP contribution >= 0.6 is 0 Å². The number of piperidine rings is 1. The molecular formula is C28H29N5O3. The molecule has 4 heterocycles. The van der Waals surface area contributed by atoms with Crippen LogP contribution < -0.4 is 4.74 Å². The second-order valence-electron chi connectivity index (χ2n) is 9.59. The molecule has 184 valence electrons. The lowest BCUT2D eigenvalue weighted by molar-refractivity contribution is -0.135. The SMILES string of the molecule is COc1cc2[nH]nc(-c3ccc(C4CCN(C(=O)CO)CC4)nc3)c2nc1-c1cccc2c1CCC2. The largest absolute Gasteiger partial charge is 0.494 e. The van der Waals surface area contributed by atoms with E-state index in [4.69, 9.17) is 19.8 Å². The van der Waals surface area contributed by atoms with E-state index in [1.54, 1.807) is 12.0 Å². The molecule has 0 bridgehead atoms. The van der Waals surface area contributed by atoms with E-state index in [1.165, 1.54) is 17.5 Å². The molecule has 3 aromatic heterocycles. The maximum absolute atomic E-state index is 11.7. The number of hydrogen-bond acceptors (Lipinski definition) is 6. The van der Waals surface area contributed by atoms with Gasteiger partial charge in [0.1, 0.15) is 29.3 Å². The number of amides is 1. The topological polar surface area (TPSA) is 104 Å². The number of fused-ring (bicyclic) bond motifs is 2. The minimum atomic E-state index is -0.427. The van der Waals surface area contributed by atoms with Crippen LogP contribution in [0.15, 0.2) is 42.6 Å². The van der Waals surface area contributed by atoms with Gasteiger partial charge in [-0.05, 0) is 55.4 Å². The number of aromatic amines is 1. The summed E-state index contributed by atoms with van der Waals surface area (Å²) < 4.78 is 5.73. The standard InChI is InChI=1S/C28H29N5O3/c1-36-24-14-23-28(30-27(24)21-7-3-5-17-4-2-6-20(17)21)26(32-31-23)19-8-9-22(29-15-19)18-10-12-33(13-11-18)25(35)16-34/h3,5,7-9,14-15,18,34H,2,4,6,10-13,16H2,1H3,(H,31,32). The summed E-state index contributed by atoms with van der Waals surface area (Å²) in [6.07, 6.45) is 6.89. The Morgan fingerprint density at radius 2 is 2.03 bits per heavy atom. The minimum absolute atomic E-state index is 0.203. The van der Waals surface area contributed by atoms with Gasteiger partial charge >= 0.3 is 0 Å². The number of nitrogens with one attached hydrogen (secondary N) is 1. The molecule has 8 heteroatoms. The van der Waals surface area contributed by atoms with Crippen molar-refractivity contribution in [2.75, 3.05) is 26.8 Å². The van der Waals surface area contributed by atoms with Gasteiger partial charge in [0.05, 0.1) is 12.6 Å². The number of hydrogen-bond donors (Lipinski definition) is 2. The lowest BCUT2D eigenvalue weighted by Crippen LogP contribution is -2.39. The number of pyridine rings is 2. The van der Waals surface area contributed by atoms with E-state index in [-0.39, 0.29) is 5.91 Å². The van der Waals surface area contributed by atoms with Crippen LogP contribution in [0.5, 0.6) is 5.75 Å². The summed E-state index contributed by atoms with van der Waals surface area (Å²) in [5.41, 5.74) is 9.06. The molecule has 36 heavy (non-hydrogen) atoms. The third-order valence-electron chi connectivity index (χ3n) is 7.58. The number of H-pyrrole nitrogens is 1. The quantitative estimate of drug-likeness (QED) is 0.446. The first-order chi connectivity index (χ1) is 17.7. The second-order valence-corrected chi connectivity index (χ2v) is 9.59. The average molecular weight is 484 g/mol. The van der Waals surface area contributed by atoms with Gasteiger partial charge in [0, 0.05) is 48.1 Å². The number of likely N-dealkylation sites (tertiary alicyclic amines) is 1. The molecule has 1 amide bonds. The van der Waals surface area contributed by atoms with Gasteiger partial charge in [-0.2, -0.15) is 5.10 Å². The van der Waals surface area contributed by atoms with Crippen molar-refractivity contribution in [1.82, 2.24) is 25.1 Å². The highest BCUT2D eigenvalue weighted by atomic mass is 16.5. The number of nitrogens with zero attached hydrogens (tertiary/aromatic N) is 4. The minimum Gasteiger partial charge on any atom is -0.494 e. The zero-order valence-corrected chi connectivity index (χ0v) is 20.3. The normalized spacial score (nSPS) is 15.9. The molecular weight excluding hydrogens is 454 g/mol. The molecule has 1 saturated heterocycles. The van der Waals surface area contributed by atoms with E-state index < -0.39 is 6.61 Å². The Hall–Kier alpha value is -3.78. The van der Waals surface area contributed by atoms with Gasteiger partial charge in [-0.1, -0.05) is 18.2 Å². The Balaban J connectivity index is 1.31. The molecule has 0 saturated carbocycles. The third-order valence-corrected chi connectivity index (χ3v) is 7.58. The van der Waals surface area contributed by atoms with E-state index in [0.717, 1.165) is 70.7 Å². The molecule has 1 aliphatic carbocycles.